The number of benzene rings is 1. The number of methoxy groups -OCH3 is 1. The lowest BCUT2D eigenvalue weighted by Crippen LogP contribution is -2.50. The fraction of sp³-hybridized carbons (Fsp3) is 0.562. The second-order valence-electron chi connectivity index (χ2n) is 5.66. The van der Waals surface area contributed by atoms with Gasteiger partial charge in [0.15, 0.2) is 0 Å². The van der Waals surface area contributed by atoms with Crippen LogP contribution in [0.1, 0.15) is 19.3 Å². The third-order valence-corrected chi connectivity index (χ3v) is 4.14. The van der Waals surface area contributed by atoms with Crippen molar-refractivity contribution in [2.75, 3.05) is 25.6 Å². The van der Waals surface area contributed by atoms with Gasteiger partial charge in [-0.25, -0.2) is 4.79 Å². The van der Waals surface area contributed by atoms with Crippen molar-refractivity contribution in [2.45, 2.75) is 37.5 Å². The van der Waals surface area contributed by atoms with Gasteiger partial charge in [-0.05, 0) is 31.4 Å². The van der Waals surface area contributed by atoms with E-state index in [1.165, 1.54) is 0 Å². The molecule has 0 aromatic heterocycles. The number of nitrogens with one attached hydrogen (secondary N) is 2. The van der Waals surface area contributed by atoms with Crippen molar-refractivity contribution in [2.24, 2.45) is 0 Å². The molecule has 1 heterocycles. The maximum absolute atomic E-state index is 12.1. The number of amides is 2. The maximum atomic E-state index is 12.1. The maximum Gasteiger partial charge on any atom is 0.319 e. The van der Waals surface area contributed by atoms with Gasteiger partial charge in [0.05, 0.1) is 32.5 Å². The summed E-state index contributed by atoms with van der Waals surface area (Å²) in [6.45, 7) is 1.32. The van der Waals surface area contributed by atoms with Crippen LogP contribution in [0.5, 0.6) is 5.75 Å². The van der Waals surface area contributed by atoms with Crippen LogP contribution in [0.15, 0.2) is 24.3 Å². The molecule has 0 bridgehead atoms. The number of hydrogen-bond donors (Lipinski definition) is 2. The summed E-state index contributed by atoms with van der Waals surface area (Å²) in [6.07, 6.45) is 2.93. The summed E-state index contributed by atoms with van der Waals surface area (Å²) in [7, 11) is 1.60. The first-order valence-electron chi connectivity index (χ1n) is 7.69. The minimum atomic E-state index is -0.201. The van der Waals surface area contributed by atoms with Crippen LogP contribution in [0.4, 0.5) is 10.5 Å². The molecule has 1 saturated carbocycles. The van der Waals surface area contributed by atoms with E-state index >= 15 is 0 Å². The summed E-state index contributed by atoms with van der Waals surface area (Å²) in [5.74, 6) is 0.714. The van der Waals surface area contributed by atoms with E-state index in [4.69, 9.17) is 14.2 Å². The molecule has 2 N–H and O–H groups in total. The number of carbonyl (C=O) groups is 1. The zero-order chi connectivity index (χ0) is 15.4. The molecule has 0 radical (unpaired) electrons. The van der Waals surface area contributed by atoms with Crippen LogP contribution in [0.25, 0.3) is 0 Å². The molecule has 6 nitrogen and oxygen atoms in total. The van der Waals surface area contributed by atoms with E-state index in [0.29, 0.717) is 24.7 Å². The Labute approximate surface area is 130 Å². The van der Waals surface area contributed by atoms with Gasteiger partial charge in [0, 0.05) is 17.8 Å². The van der Waals surface area contributed by atoms with E-state index < -0.39 is 0 Å². The zero-order valence-corrected chi connectivity index (χ0v) is 12.7. The molecule has 1 aromatic rings. The molecule has 22 heavy (non-hydrogen) atoms. The quantitative estimate of drug-likeness (QED) is 0.898. The molecule has 3 atom stereocenters. The van der Waals surface area contributed by atoms with Gasteiger partial charge < -0.3 is 24.8 Å². The minimum Gasteiger partial charge on any atom is -0.497 e. The highest BCUT2D eigenvalue weighted by molar-refractivity contribution is 5.89. The van der Waals surface area contributed by atoms with E-state index in [0.717, 1.165) is 19.3 Å². The van der Waals surface area contributed by atoms with Crippen LogP contribution in [-0.2, 0) is 9.47 Å². The average Bonchev–Trinajstić information content (AvgIpc) is 2.55. The molecular weight excluding hydrogens is 284 g/mol. The highest BCUT2D eigenvalue weighted by Gasteiger charge is 2.34. The lowest BCUT2D eigenvalue weighted by Gasteiger charge is -2.39. The van der Waals surface area contributed by atoms with Gasteiger partial charge in [-0.1, -0.05) is 6.07 Å². The summed E-state index contributed by atoms with van der Waals surface area (Å²) >= 11 is 0. The Hall–Kier alpha value is -1.79. The van der Waals surface area contributed by atoms with Crippen molar-refractivity contribution in [1.82, 2.24) is 5.32 Å². The Morgan fingerprint density at radius 3 is 2.86 bits per heavy atom. The summed E-state index contributed by atoms with van der Waals surface area (Å²) in [5, 5.41) is 5.85. The summed E-state index contributed by atoms with van der Waals surface area (Å²) < 4.78 is 16.6. The molecule has 1 saturated heterocycles. The van der Waals surface area contributed by atoms with Gasteiger partial charge in [-0.3, -0.25) is 0 Å². The Bertz CT molecular complexity index is 523. The number of anilines is 1. The Kier molecular flexibility index (Phi) is 4.80. The minimum absolute atomic E-state index is 0.101. The molecule has 3 unspecified atom stereocenters. The first kappa shape index (κ1) is 15.1. The highest BCUT2D eigenvalue weighted by atomic mass is 16.6. The van der Waals surface area contributed by atoms with Crippen molar-refractivity contribution < 1.29 is 19.0 Å². The lowest BCUT2D eigenvalue weighted by molar-refractivity contribution is -0.157. The second kappa shape index (κ2) is 6.98. The highest BCUT2D eigenvalue weighted by Crippen LogP contribution is 2.27. The number of ether oxygens (including phenoxy) is 3. The Balaban J connectivity index is 1.51. The predicted octanol–water partition coefficient (Wildman–Crippen LogP) is 2.15. The molecule has 2 amide bonds. The Morgan fingerprint density at radius 2 is 2.05 bits per heavy atom. The summed E-state index contributed by atoms with van der Waals surface area (Å²) in [6, 6.07) is 7.21. The predicted molar refractivity (Wildman–Crippen MR) is 82.3 cm³/mol. The van der Waals surface area contributed by atoms with E-state index in [9.17, 15) is 4.79 Å². The van der Waals surface area contributed by atoms with Crippen LogP contribution in [0.2, 0.25) is 0 Å². The summed E-state index contributed by atoms with van der Waals surface area (Å²) in [5.41, 5.74) is 0.711. The van der Waals surface area contributed by atoms with E-state index in [2.05, 4.69) is 10.6 Å². The van der Waals surface area contributed by atoms with Crippen molar-refractivity contribution in [3.05, 3.63) is 24.3 Å². The molecule has 2 aliphatic rings. The normalized spacial score (nSPS) is 27.6. The zero-order valence-electron chi connectivity index (χ0n) is 12.7. The topological polar surface area (TPSA) is 68.8 Å². The first-order valence-corrected chi connectivity index (χ1v) is 7.69. The number of carbonyl (C=O) groups excluding carboxylic acids is 1. The average molecular weight is 306 g/mol. The molecule has 6 heteroatoms. The van der Waals surface area contributed by atoms with Crippen molar-refractivity contribution in [1.29, 1.82) is 0 Å². The van der Waals surface area contributed by atoms with Crippen molar-refractivity contribution >= 4 is 11.7 Å². The first-order chi connectivity index (χ1) is 10.7. The SMILES string of the molecule is COc1cccc(NC(=O)NC2CCC3OCCOC3C2)c1. The van der Waals surface area contributed by atoms with Gasteiger partial charge in [0.25, 0.3) is 0 Å². The molecular formula is C16H22N2O4. The van der Waals surface area contributed by atoms with Crippen LogP contribution in [0, 0.1) is 0 Å². The number of rotatable bonds is 3. The third-order valence-electron chi connectivity index (χ3n) is 4.14. The third kappa shape index (κ3) is 3.69. The number of fused-ring (bicyclic) bond motifs is 1. The lowest BCUT2D eigenvalue weighted by atomic mass is 9.90. The Morgan fingerprint density at radius 1 is 1.23 bits per heavy atom. The monoisotopic (exact) mass is 306 g/mol. The second-order valence-corrected chi connectivity index (χ2v) is 5.66. The van der Waals surface area contributed by atoms with E-state index in [1.54, 1.807) is 13.2 Å². The largest absolute Gasteiger partial charge is 0.497 e. The summed E-state index contributed by atoms with van der Waals surface area (Å²) in [4.78, 5) is 12.1. The molecule has 1 aliphatic heterocycles. The fourth-order valence-electron chi connectivity index (χ4n) is 3.05. The van der Waals surface area contributed by atoms with Gasteiger partial charge >= 0.3 is 6.03 Å². The van der Waals surface area contributed by atoms with Gasteiger partial charge in [0.1, 0.15) is 5.75 Å². The molecule has 2 fully saturated rings. The van der Waals surface area contributed by atoms with Crippen molar-refractivity contribution in [3.8, 4) is 5.75 Å². The van der Waals surface area contributed by atoms with E-state index in [-0.39, 0.29) is 24.3 Å². The fourth-order valence-corrected chi connectivity index (χ4v) is 3.05. The number of urea groups is 1. The van der Waals surface area contributed by atoms with Crippen LogP contribution in [0.3, 0.4) is 0 Å². The van der Waals surface area contributed by atoms with Gasteiger partial charge in [-0.2, -0.15) is 0 Å². The van der Waals surface area contributed by atoms with Gasteiger partial charge in [0.2, 0.25) is 0 Å². The molecule has 1 aliphatic carbocycles. The van der Waals surface area contributed by atoms with E-state index in [1.807, 2.05) is 18.2 Å². The van der Waals surface area contributed by atoms with Crippen LogP contribution in [-0.4, -0.2) is 44.6 Å². The van der Waals surface area contributed by atoms with Crippen molar-refractivity contribution in [3.63, 3.8) is 0 Å². The van der Waals surface area contributed by atoms with Crippen LogP contribution >= 0.6 is 0 Å². The molecule has 120 valence electrons. The molecule has 0 spiro atoms. The molecule has 1 aromatic carbocycles. The van der Waals surface area contributed by atoms with Crippen LogP contribution < -0.4 is 15.4 Å². The van der Waals surface area contributed by atoms with Gasteiger partial charge in [-0.15, -0.1) is 0 Å². The number of hydrogen-bond acceptors (Lipinski definition) is 4. The standard InChI is InChI=1S/C16H22N2O4/c1-20-13-4-2-3-11(9-13)17-16(19)18-12-5-6-14-15(10-12)22-8-7-21-14/h2-4,9,12,14-15H,5-8,10H2,1H3,(H2,17,18,19). The smallest absolute Gasteiger partial charge is 0.319 e. The molecule has 3 rings (SSSR count).